The molecule has 3 N–H and O–H groups in total. The molecule has 0 saturated heterocycles. The van der Waals surface area contributed by atoms with Gasteiger partial charge in [0.2, 0.25) is 0 Å². The second kappa shape index (κ2) is 8.01. The van der Waals surface area contributed by atoms with Crippen molar-refractivity contribution >= 4 is 29.1 Å². The van der Waals surface area contributed by atoms with E-state index in [0.29, 0.717) is 22.5 Å². The standard InChI is InChI=1S/C20H17N3O4/c1-21-18(24)13-4-8-15(9-5-13)22-19(25)14-6-10-16(11-7-14)23-20(26)17-3-2-12-27-17/h2-12H,1H3,(H,21,24)(H,22,25)(H,23,26). The fourth-order valence-corrected chi connectivity index (χ4v) is 2.36. The number of hydrogen-bond donors (Lipinski definition) is 3. The molecule has 0 bridgehead atoms. The van der Waals surface area contributed by atoms with E-state index in [0.717, 1.165) is 0 Å². The number of benzene rings is 2. The van der Waals surface area contributed by atoms with E-state index in [4.69, 9.17) is 4.42 Å². The van der Waals surface area contributed by atoms with Gasteiger partial charge in [-0.3, -0.25) is 14.4 Å². The largest absolute Gasteiger partial charge is 0.459 e. The molecule has 0 spiro atoms. The van der Waals surface area contributed by atoms with E-state index in [1.54, 1.807) is 67.7 Å². The Labute approximate surface area is 155 Å². The van der Waals surface area contributed by atoms with Crippen LogP contribution in [0, 0.1) is 0 Å². The van der Waals surface area contributed by atoms with E-state index in [1.165, 1.54) is 6.26 Å². The zero-order valence-electron chi connectivity index (χ0n) is 14.5. The van der Waals surface area contributed by atoms with Crippen LogP contribution in [0.2, 0.25) is 0 Å². The topological polar surface area (TPSA) is 100 Å². The fourth-order valence-electron chi connectivity index (χ4n) is 2.36. The van der Waals surface area contributed by atoms with Crippen molar-refractivity contribution in [2.24, 2.45) is 0 Å². The normalized spacial score (nSPS) is 10.1. The number of amides is 3. The Morgan fingerprint density at radius 1 is 0.704 bits per heavy atom. The maximum atomic E-state index is 12.3. The van der Waals surface area contributed by atoms with Crippen molar-refractivity contribution in [3.8, 4) is 0 Å². The first-order valence-corrected chi connectivity index (χ1v) is 8.15. The van der Waals surface area contributed by atoms with Crippen LogP contribution < -0.4 is 16.0 Å². The molecule has 0 aliphatic heterocycles. The summed E-state index contributed by atoms with van der Waals surface area (Å²) in [5.41, 5.74) is 2.05. The minimum absolute atomic E-state index is 0.194. The van der Waals surface area contributed by atoms with Gasteiger partial charge in [-0.05, 0) is 60.7 Å². The summed E-state index contributed by atoms with van der Waals surface area (Å²) in [7, 11) is 1.55. The molecule has 1 aromatic heterocycles. The lowest BCUT2D eigenvalue weighted by molar-refractivity contribution is 0.0961. The summed E-state index contributed by atoms with van der Waals surface area (Å²) in [6.07, 6.45) is 1.42. The molecule has 7 nitrogen and oxygen atoms in total. The molecule has 3 aromatic rings. The Kier molecular flexibility index (Phi) is 5.32. The van der Waals surface area contributed by atoms with Gasteiger partial charge in [0.1, 0.15) is 0 Å². The SMILES string of the molecule is CNC(=O)c1ccc(NC(=O)c2ccc(NC(=O)c3ccco3)cc2)cc1. The summed E-state index contributed by atoms with van der Waals surface area (Å²) in [4.78, 5) is 35.8. The van der Waals surface area contributed by atoms with E-state index in [2.05, 4.69) is 16.0 Å². The quantitative estimate of drug-likeness (QED) is 0.648. The molecular formula is C20H17N3O4. The lowest BCUT2D eigenvalue weighted by atomic mass is 10.1. The van der Waals surface area contributed by atoms with Crippen LogP contribution in [0.4, 0.5) is 11.4 Å². The number of carbonyl (C=O) groups is 3. The first kappa shape index (κ1) is 17.9. The van der Waals surface area contributed by atoms with Crippen molar-refractivity contribution in [3.05, 3.63) is 83.8 Å². The number of furan rings is 1. The Balaban J connectivity index is 1.62. The molecule has 0 aliphatic rings. The van der Waals surface area contributed by atoms with Crippen molar-refractivity contribution in [1.82, 2.24) is 5.32 Å². The van der Waals surface area contributed by atoms with Crippen molar-refractivity contribution in [2.45, 2.75) is 0 Å². The highest BCUT2D eigenvalue weighted by Crippen LogP contribution is 2.15. The van der Waals surface area contributed by atoms with Crippen LogP contribution in [0.25, 0.3) is 0 Å². The van der Waals surface area contributed by atoms with Crippen LogP contribution in [0.15, 0.2) is 71.3 Å². The number of rotatable bonds is 5. The smallest absolute Gasteiger partial charge is 0.291 e. The predicted molar refractivity (Wildman–Crippen MR) is 101 cm³/mol. The average Bonchev–Trinajstić information content (AvgIpc) is 3.23. The molecule has 0 unspecified atom stereocenters. The molecule has 1 heterocycles. The van der Waals surface area contributed by atoms with Gasteiger partial charge in [-0.1, -0.05) is 0 Å². The van der Waals surface area contributed by atoms with E-state index in [-0.39, 0.29) is 23.5 Å². The van der Waals surface area contributed by atoms with Gasteiger partial charge in [0.15, 0.2) is 5.76 Å². The Morgan fingerprint density at radius 3 is 1.70 bits per heavy atom. The highest BCUT2D eigenvalue weighted by Gasteiger charge is 2.10. The first-order valence-electron chi connectivity index (χ1n) is 8.15. The van der Waals surface area contributed by atoms with Gasteiger partial charge < -0.3 is 20.4 Å². The molecule has 3 rings (SSSR count). The van der Waals surface area contributed by atoms with E-state index < -0.39 is 0 Å². The van der Waals surface area contributed by atoms with Gasteiger partial charge in [0, 0.05) is 29.5 Å². The summed E-state index contributed by atoms with van der Waals surface area (Å²) in [5, 5.41) is 7.97. The molecule has 136 valence electrons. The van der Waals surface area contributed by atoms with Crippen LogP contribution in [0.1, 0.15) is 31.3 Å². The molecule has 0 saturated carbocycles. The zero-order valence-corrected chi connectivity index (χ0v) is 14.5. The molecule has 27 heavy (non-hydrogen) atoms. The second-order valence-corrected chi connectivity index (χ2v) is 5.62. The van der Waals surface area contributed by atoms with Gasteiger partial charge in [-0.25, -0.2) is 0 Å². The van der Waals surface area contributed by atoms with Crippen molar-refractivity contribution in [3.63, 3.8) is 0 Å². The summed E-state index contributed by atoms with van der Waals surface area (Å²) in [5.74, 6) is -0.655. The maximum Gasteiger partial charge on any atom is 0.291 e. The Morgan fingerprint density at radius 2 is 1.22 bits per heavy atom. The van der Waals surface area contributed by atoms with E-state index in [9.17, 15) is 14.4 Å². The highest BCUT2D eigenvalue weighted by atomic mass is 16.3. The van der Waals surface area contributed by atoms with Gasteiger partial charge in [0.25, 0.3) is 17.7 Å². The number of nitrogens with one attached hydrogen (secondary N) is 3. The van der Waals surface area contributed by atoms with E-state index in [1.807, 2.05) is 0 Å². The molecule has 7 heteroatoms. The number of hydrogen-bond acceptors (Lipinski definition) is 4. The molecule has 0 aliphatic carbocycles. The minimum atomic E-state index is -0.367. The molecule has 0 atom stereocenters. The summed E-state index contributed by atoms with van der Waals surface area (Å²) in [6.45, 7) is 0. The predicted octanol–water partition coefficient (Wildman–Crippen LogP) is 3.14. The Bertz CT molecular complexity index is 946. The van der Waals surface area contributed by atoms with Crippen LogP contribution >= 0.6 is 0 Å². The van der Waals surface area contributed by atoms with Crippen molar-refractivity contribution < 1.29 is 18.8 Å². The lowest BCUT2D eigenvalue weighted by Crippen LogP contribution is -2.18. The molecular weight excluding hydrogens is 346 g/mol. The van der Waals surface area contributed by atoms with Crippen LogP contribution in [-0.4, -0.2) is 24.8 Å². The lowest BCUT2D eigenvalue weighted by Gasteiger charge is -2.08. The molecule has 0 fully saturated rings. The minimum Gasteiger partial charge on any atom is -0.459 e. The first-order chi connectivity index (χ1) is 13.1. The van der Waals surface area contributed by atoms with Crippen molar-refractivity contribution in [1.29, 1.82) is 0 Å². The number of carbonyl (C=O) groups excluding carboxylic acids is 3. The van der Waals surface area contributed by atoms with Crippen LogP contribution in [-0.2, 0) is 0 Å². The van der Waals surface area contributed by atoms with Gasteiger partial charge in [0.05, 0.1) is 6.26 Å². The molecule has 0 radical (unpaired) electrons. The highest BCUT2D eigenvalue weighted by molar-refractivity contribution is 6.05. The van der Waals surface area contributed by atoms with Crippen LogP contribution in [0.3, 0.4) is 0 Å². The van der Waals surface area contributed by atoms with E-state index >= 15 is 0 Å². The average molecular weight is 363 g/mol. The monoisotopic (exact) mass is 363 g/mol. The number of anilines is 2. The maximum absolute atomic E-state index is 12.3. The summed E-state index contributed by atoms with van der Waals surface area (Å²) >= 11 is 0. The summed E-state index contributed by atoms with van der Waals surface area (Å²) < 4.78 is 5.02. The van der Waals surface area contributed by atoms with Gasteiger partial charge >= 0.3 is 0 Å². The third kappa shape index (κ3) is 4.40. The Hall–Kier alpha value is -3.87. The van der Waals surface area contributed by atoms with Crippen LogP contribution in [0.5, 0.6) is 0 Å². The third-order valence-electron chi connectivity index (χ3n) is 3.78. The zero-order chi connectivity index (χ0) is 19.2. The van der Waals surface area contributed by atoms with Gasteiger partial charge in [-0.15, -0.1) is 0 Å². The van der Waals surface area contributed by atoms with Crippen molar-refractivity contribution in [2.75, 3.05) is 17.7 Å². The molecule has 3 amide bonds. The fraction of sp³-hybridized carbons (Fsp3) is 0.0500. The molecule has 2 aromatic carbocycles. The second-order valence-electron chi connectivity index (χ2n) is 5.62. The third-order valence-corrected chi connectivity index (χ3v) is 3.78. The summed E-state index contributed by atoms with van der Waals surface area (Å²) in [6, 6.07) is 16.2. The van der Waals surface area contributed by atoms with Gasteiger partial charge in [-0.2, -0.15) is 0 Å².